The van der Waals surface area contributed by atoms with Crippen LogP contribution in [0.2, 0.25) is 0 Å². The number of nitrogens with two attached hydrogens (primary N) is 1. The summed E-state index contributed by atoms with van der Waals surface area (Å²) in [6.45, 7) is 2.23. The quantitative estimate of drug-likeness (QED) is 0.393. The summed E-state index contributed by atoms with van der Waals surface area (Å²) in [5.74, 6) is -2.20. The number of rotatable bonds is 10. The molecule has 1 saturated carbocycles. The highest BCUT2D eigenvalue weighted by Crippen LogP contribution is 2.32. The number of carbonyl (C=O) groups excluding carboxylic acids is 1. The molecule has 1 fully saturated rings. The van der Waals surface area contributed by atoms with Gasteiger partial charge in [-0.05, 0) is 43.4 Å². The van der Waals surface area contributed by atoms with Gasteiger partial charge < -0.3 is 20.5 Å². The summed E-state index contributed by atoms with van der Waals surface area (Å²) in [6, 6.07) is 9.07. The Morgan fingerprint density at radius 3 is 2.52 bits per heavy atom. The first kappa shape index (κ1) is 22.7. The maximum atomic E-state index is 15.1. The zero-order chi connectivity index (χ0) is 22.4. The predicted molar refractivity (Wildman–Crippen MR) is 113 cm³/mol. The second kappa shape index (κ2) is 10.3. The van der Waals surface area contributed by atoms with E-state index < -0.39 is 29.2 Å². The zero-order valence-corrected chi connectivity index (χ0v) is 17.4. The van der Waals surface area contributed by atoms with Crippen molar-refractivity contribution < 1.29 is 23.0 Å². The van der Waals surface area contributed by atoms with Gasteiger partial charge in [0, 0.05) is 18.7 Å². The van der Waals surface area contributed by atoms with Crippen LogP contribution in [0, 0.1) is 23.0 Å². The Morgan fingerprint density at radius 2 is 1.94 bits per heavy atom. The van der Waals surface area contributed by atoms with E-state index in [1.165, 1.54) is 6.07 Å². The average molecular weight is 431 g/mol. The van der Waals surface area contributed by atoms with Gasteiger partial charge in [-0.15, -0.1) is 0 Å². The standard InChI is InChI=1S/C23H27F2N3O3/c1-2-30-21(23(29)28-12-14-6-8-16(9-7-14)22(26)27)19-17(24)10-11-18(20(19)25)31-13-15-4-3-5-15/h6-11,15,21H,2-5,12-13H2,1H3,(H3,26,27)(H,28,29)/t21-/m0/s1. The lowest BCUT2D eigenvalue weighted by molar-refractivity contribution is -0.133. The zero-order valence-electron chi connectivity index (χ0n) is 17.4. The molecule has 8 heteroatoms. The molecular weight excluding hydrogens is 404 g/mol. The van der Waals surface area contributed by atoms with E-state index in [0.717, 1.165) is 30.9 Å². The third kappa shape index (κ3) is 5.58. The number of nitrogens with one attached hydrogen (secondary N) is 2. The lowest BCUT2D eigenvalue weighted by Gasteiger charge is -2.25. The van der Waals surface area contributed by atoms with Gasteiger partial charge in [-0.3, -0.25) is 10.2 Å². The van der Waals surface area contributed by atoms with E-state index in [2.05, 4.69) is 5.32 Å². The van der Waals surface area contributed by atoms with Crippen molar-refractivity contribution in [2.45, 2.75) is 38.8 Å². The third-order valence-electron chi connectivity index (χ3n) is 5.36. The molecule has 1 aliphatic rings. The number of amidine groups is 1. The van der Waals surface area contributed by atoms with Crippen molar-refractivity contribution in [2.24, 2.45) is 11.7 Å². The summed E-state index contributed by atoms with van der Waals surface area (Å²) < 4.78 is 40.6. The number of benzene rings is 2. The number of hydrogen-bond donors (Lipinski definition) is 3. The predicted octanol–water partition coefficient (Wildman–Crippen LogP) is 3.82. The smallest absolute Gasteiger partial charge is 0.254 e. The minimum Gasteiger partial charge on any atom is -0.490 e. The van der Waals surface area contributed by atoms with Crippen LogP contribution < -0.4 is 15.8 Å². The molecule has 0 bridgehead atoms. The van der Waals surface area contributed by atoms with Gasteiger partial charge in [0.1, 0.15) is 11.7 Å². The van der Waals surface area contributed by atoms with E-state index in [-0.39, 0.29) is 24.7 Å². The fraction of sp³-hybridized carbons (Fsp3) is 0.391. The number of ether oxygens (including phenoxy) is 2. The van der Waals surface area contributed by atoms with Crippen LogP contribution in [0.1, 0.15) is 49.0 Å². The summed E-state index contributed by atoms with van der Waals surface area (Å²) in [5.41, 5.74) is 6.27. The summed E-state index contributed by atoms with van der Waals surface area (Å²) in [4.78, 5) is 12.8. The minimum atomic E-state index is -1.45. The lowest BCUT2D eigenvalue weighted by Crippen LogP contribution is -2.32. The molecule has 166 valence electrons. The number of hydrogen-bond acceptors (Lipinski definition) is 4. The first-order chi connectivity index (χ1) is 14.9. The van der Waals surface area contributed by atoms with Crippen molar-refractivity contribution in [3.05, 3.63) is 64.7 Å². The fourth-order valence-corrected chi connectivity index (χ4v) is 3.31. The van der Waals surface area contributed by atoms with Crippen LogP contribution in [-0.4, -0.2) is 25.0 Å². The monoisotopic (exact) mass is 431 g/mol. The van der Waals surface area contributed by atoms with E-state index in [1.54, 1.807) is 31.2 Å². The summed E-state index contributed by atoms with van der Waals surface area (Å²) in [7, 11) is 0. The van der Waals surface area contributed by atoms with Gasteiger partial charge in [-0.1, -0.05) is 30.7 Å². The molecule has 3 rings (SSSR count). The average Bonchev–Trinajstić information content (AvgIpc) is 2.72. The van der Waals surface area contributed by atoms with Crippen LogP contribution in [0.15, 0.2) is 36.4 Å². The van der Waals surface area contributed by atoms with Crippen LogP contribution in [0.3, 0.4) is 0 Å². The molecule has 31 heavy (non-hydrogen) atoms. The van der Waals surface area contributed by atoms with E-state index in [0.29, 0.717) is 18.1 Å². The minimum absolute atomic E-state index is 0.0580. The SMILES string of the molecule is CCO[C@H](C(=O)NCc1ccc(C(=N)N)cc1)c1c(F)ccc(OCC2CCC2)c1F. The first-order valence-electron chi connectivity index (χ1n) is 10.3. The number of amides is 1. The van der Waals surface area contributed by atoms with E-state index in [1.807, 2.05) is 0 Å². The second-order valence-corrected chi connectivity index (χ2v) is 7.54. The third-order valence-corrected chi connectivity index (χ3v) is 5.36. The Hall–Kier alpha value is -3.00. The highest BCUT2D eigenvalue weighted by molar-refractivity contribution is 5.94. The van der Waals surface area contributed by atoms with Crippen LogP contribution in [0.5, 0.6) is 5.75 Å². The van der Waals surface area contributed by atoms with Crippen molar-refractivity contribution in [1.82, 2.24) is 5.32 Å². The molecule has 4 N–H and O–H groups in total. The van der Waals surface area contributed by atoms with E-state index >= 15 is 4.39 Å². The van der Waals surface area contributed by atoms with Crippen LogP contribution in [0.25, 0.3) is 0 Å². The molecule has 0 heterocycles. The van der Waals surface area contributed by atoms with Crippen molar-refractivity contribution >= 4 is 11.7 Å². The Labute approximate surface area is 180 Å². The molecule has 0 aromatic heterocycles. The van der Waals surface area contributed by atoms with Gasteiger partial charge in [-0.25, -0.2) is 8.78 Å². The number of halogens is 2. The van der Waals surface area contributed by atoms with Gasteiger partial charge in [0.05, 0.1) is 12.2 Å². The van der Waals surface area contributed by atoms with Gasteiger partial charge in [0.15, 0.2) is 17.7 Å². The van der Waals surface area contributed by atoms with Crippen LogP contribution >= 0.6 is 0 Å². The van der Waals surface area contributed by atoms with E-state index in [4.69, 9.17) is 20.6 Å². The van der Waals surface area contributed by atoms with Gasteiger partial charge in [-0.2, -0.15) is 0 Å². The Bertz CT molecular complexity index is 930. The van der Waals surface area contributed by atoms with Crippen LogP contribution in [-0.2, 0) is 16.1 Å². The summed E-state index contributed by atoms with van der Waals surface area (Å²) in [5, 5.41) is 10.1. The van der Waals surface area contributed by atoms with Crippen LogP contribution in [0.4, 0.5) is 8.78 Å². The first-order valence-corrected chi connectivity index (χ1v) is 10.3. The van der Waals surface area contributed by atoms with Crippen molar-refractivity contribution in [3.63, 3.8) is 0 Å². The molecule has 2 aromatic rings. The molecule has 0 aliphatic heterocycles. The Morgan fingerprint density at radius 1 is 1.23 bits per heavy atom. The Balaban J connectivity index is 1.73. The van der Waals surface area contributed by atoms with Crippen molar-refractivity contribution in [1.29, 1.82) is 5.41 Å². The molecule has 1 amide bonds. The topological polar surface area (TPSA) is 97.4 Å². The highest BCUT2D eigenvalue weighted by atomic mass is 19.1. The number of nitrogen functional groups attached to an aromatic ring is 1. The van der Waals surface area contributed by atoms with Gasteiger partial charge in [0.25, 0.3) is 5.91 Å². The molecule has 2 aromatic carbocycles. The summed E-state index contributed by atoms with van der Waals surface area (Å²) in [6.07, 6.45) is 1.75. The largest absolute Gasteiger partial charge is 0.490 e. The molecule has 0 saturated heterocycles. The highest BCUT2D eigenvalue weighted by Gasteiger charge is 2.30. The molecule has 1 aliphatic carbocycles. The lowest BCUT2D eigenvalue weighted by atomic mass is 9.86. The van der Waals surface area contributed by atoms with Crippen molar-refractivity contribution in [2.75, 3.05) is 13.2 Å². The summed E-state index contributed by atoms with van der Waals surface area (Å²) >= 11 is 0. The normalized spacial score (nSPS) is 14.5. The van der Waals surface area contributed by atoms with Gasteiger partial charge >= 0.3 is 0 Å². The fourth-order valence-electron chi connectivity index (χ4n) is 3.31. The molecule has 0 unspecified atom stereocenters. The van der Waals surface area contributed by atoms with E-state index in [9.17, 15) is 9.18 Å². The maximum absolute atomic E-state index is 15.1. The Kier molecular flexibility index (Phi) is 7.57. The second-order valence-electron chi connectivity index (χ2n) is 7.54. The molecule has 1 atom stereocenters. The number of carbonyl (C=O) groups is 1. The molecule has 0 radical (unpaired) electrons. The molecule has 6 nitrogen and oxygen atoms in total. The molecular formula is C23H27F2N3O3. The maximum Gasteiger partial charge on any atom is 0.254 e. The molecule has 0 spiro atoms. The van der Waals surface area contributed by atoms with Crippen molar-refractivity contribution in [3.8, 4) is 5.75 Å². The van der Waals surface area contributed by atoms with Gasteiger partial charge in [0.2, 0.25) is 0 Å².